The molecule has 2 aromatic heterocycles. The Morgan fingerprint density at radius 1 is 1.11 bits per heavy atom. The SMILES string of the molecule is COc1ccc2c(=O)[nH]nc(-c3ccncc3)c2c1. The molecular weight excluding hydrogens is 242 g/mol. The van der Waals surface area contributed by atoms with Crippen LogP contribution in [0.15, 0.2) is 47.5 Å². The number of rotatable bonds is 2. The Balaban J connectivity index is 2.36. The maximum Gasteiger partial charge on any atom is 0.272 e. The van der Waals surface area contributed by atoms with E-state index in [2.05, 4.69) is 15.2 Å². The van der Waals surface area contributed by atoms with Gasteiger partial charge in [0.15, 0.2) is 0 Å². The van der Waals surface area contributed by atoms with Crippen molar-refractivity contribution in [2.45, 2.75) is 0 Å². The molecule has 0 saturated carbocycles. The largest absolute Gasteiger partial charge is 0.497 e. The Morgan fingerprint density at radius 2 is 1.89 bits per heavy atom. The molecule has 0 aliphatic rings. The first-order valence-corrected chi connectivity index (χ1v) is 5.76. The van der Waals surface area contributed by atoms with Gasteiger partial charge in [-0.1, -0.05) is 0 Å². The molecule has 0 unspecified atom stereocenters. The number of pyridine rings is 1. The van der Waals surface area contributed by atoms with Crippen LogP contribution in [0.3, 0.4) is 0 Å². The molecule has 0 aliphatic heterocycles. The molecule has 1 aromatic carbocycles. The first-order valence-electron chi connectivity index (χ1n) is 5.76. The van der Waals surface area contributed by atoms with Crippen molar-refractivity contribution in [2.75, 3.05) is 7.11 Å². The Kier molecular flexibility index (Phi) is 2.72. The highest BCUT2D eigenvalue weighted by Gasteiger charge is 2.09. The molecular formula is C14H11N3O2. The zero-order chi connectivity index (χ0) is 13.2. The molecule has 0 fully saturated rings. The molecule has 94 valence electrons. The number of ether oxygens (including phenoxy) is 1. The minimum absolute atomic E-state index is 0.213. The fourth-order valence-corrected chi connectivity index (χ4v) is 2.00. The van der Waals surface area contributed by atoms with Gasteiger partial charge in [-0.3, -0.25) is 9.78 Å². The number of aromatic amines is 1. The van der Waals surface area contributed by atoms with Crippen LogP contribution in [0.1, 0.15) is 0 Å². The van der Waals surface area contributed by atoms with Crippen LogP contribution in [0.25, 0.3) is 22.0 Å². The molecule has 0 amide bonds. The van der Waals surface area contributed by atoms with E-state index in [-0.39, 0.29) is 5.56 Å². The Labute approximate surface area is 108 Å². The molecule has 0 atom stereocenters. The first-order chi connectivity index (χ1) is 9.29. The van der Waals surface area contributed by atoms with Crippen LogP contribution in [-0.4, -0.2) is 22.3 Å². The summed E-state index contributed by atoms with van der Waals surface area (Å²) in [5.74, 6) is 0.690. The highest BCUT2D eigenvalue weighted by molar-refractivity contribution is 5.94. The second kappa shape index (κ2) is 4.53. The predicted octanol–water partition coefficient (Wildman–Crippen LogP) is 1.99. The van der Waals surface area contributed by atoms with E-state index in [4.69, 9.17) is 4.74 Å². The number of aromatic nitrogens is 3. The van der Waals surface area contributed by atoms with Gasteiger partial charge in [0.2, 0.25) is 0 Å². The summed E-state index contributed by atoms with van der Waals surface area (Å²) in [4.78, 5) is 15.8. The van der Waals surface area contributed by atoms with E-state index in [1.807, 2.05) is 18.2 Å². The summed E-state index contributed by atoms with van der Waals surface area (Å²) < 4.78 is 5.20. The topological polar surface area (TPSA) is 67.9 Å². The maximum absolute atomic E-state index is 11.8. The van der Waals surface area contributed by atoms with Crippen LogP contribution in [0.4, 0.5) is 0 Å². The second-order valence-electron chi connectivity index (χ2n) is 4.05. The highest BCUT2D eigenvalue weighted by atomic mass is 16.5. The molecule has 0 aliphatic carbocycles. The van der Waals surface area contributed by atoms with E-state index in [1.54, 1.807) is 31.6 Å². The number of fused-ring (bicyclic) bond motifs is 1. The van der Waals surface area contributed by atoms with Gasteiger partial charge in [-0.05, 0) is 30.3 Å². The van der Waals surface area contributed by atoms with E-state index in [0.717, 1.165) is 10.9 Å². The number of methoxy groups -OCH3 is 1. The van der Waals surface area contributed by atoms with Crippen LogP contribution >= 0.6 is 0 Å². The fraction of sp³-hybridized carbons (Fsp3) is 0.0714. The van der Waals surface area contributed by atoms with Crippen LogP contribution < -0.4 is 10.3 Å². The number of benzene rings is 1. The molecule has 3 rings (SSSR count). The zero-order valence-electron chi connectivity index (χ0n) is 10.3. The van der Waals surface area contributed by atoms with Crippen molar-refractivity contribution < 1.29 is 4.74 Å². The van der Waals surface area contributed by atoms with Crippen molar-refractivity contribution in [1.82, 2.24) is 15.2 Å². The molecule has 3 aromatic rings. The van der Waals surface area contributed by atoms with Gasteiger partial charge in [0.05, 0.1) is 18.2 Å². The van der Waals surface area contributed by atoms with Gasteiger partial charge in [0, 0.05) is 23.3 Å². The van der Waals surface area contributed by atoms with Crippen molar-refractivity contribution in [1.29, 1.82) is 0 Å². The summed E-state index contributed by atoms with van der Waals surface area (Å²) in [6.45, 7) is 0. The molecule has 0 bridgehead atoms. The lowest BCUT2D eigenvalue weighted by atomic mass is 10.1. The second-order valence-corrected chi connectivity index (χ2v) is 4.05. The van der Waals surface area contributed by atoms with E-state index in [1.165, 1.54) is 0 Å². The van der Waals surface area contributed by atoms with Crippen molar-refractivity contribution >= 4 is 10.8 Å². The van der Waals surface area contributed by atoms with E-state index < -0.39 is 0 Å². The molecule has 5 nitrogen and oxygen atoms in total. The predicted molar refractivity (Wildman–Crippen MR) is 72.1 cm³/mol. The third-order valence-electron chi connectivity index (χ3n) is 2.95. The Bertz CT molecular complexity index is 782. The average molecular weight is 253 g/mol. The van der Waals surface area contributed by atoms with Gasteiger partial charge in [0.1, 0.15) is 5.75 Å². The third kappa shape index (κ3) is 1.95. The minimum atomic E-state index is -0.213. The van der Waals surface area contributed by atoms with Crippen LogP contribution in [0, 0.1) is 0 Å². The Hall–Kier alpha value is -2.69. The molecule has 1 N–H and O–H groups in total. The van der Waals surface area contributed by atoms with Crippen LogP contribution in [0.5, 0.6) is 5.75 Å². The summed E-state index contributed by atoms with van der Waals surface area (Å²) in [7, 11) is 1.59. The zero-order valence-corrected chi connectivity index (χ0v) is 10.3. The normalized spacial score (nSPS) is 10.6. The summed E-state index contributed by atoms with van der Waals surface area (Å²) >= 11 is 0. The number of H-pyrrole nitrogens is 1. The van der Waals surface area contributed by atoms with Gasteiger partial charge in [-0.25, -0.2) is 5.10 Å². The monoisotopic (exact) mass is 253 g/mol. The van der Waals surface area contributed by atoms with Crippen LogP contribution in [-0.2, 0) is 0 Å². The van der Waals surface area contributed by atoms with Gasteiger partial charge in [-0.15, -0.1) is 0 Å². The minimum Gasteiger partial charge on any atom is -0.497 e. The van der Waals surface area contributed by atoms with Crippen molar-refractivity contribution in [3.63, 3.8) is 0 Å². The average Bonchev–Trinajstić information content (AvgIpc) is 2.48. The lowest BCUT2D eigenvalue weighted by molar-refractivity contribution is 0.415. The Morgan fingerprint density at radius 3 is 2.63 bits per heavy atom. The molecule has 5 heteroatoms. The van der Waals surface area contributed by atoms with Crippen molar-refractivity contribution in [3.05, 3.63) is 53.1 Å². The fourth-order valence-electron chi connectivity index (χ4n) is 2.00. The third-order valence-corrected chi connectivity index (χ3v) is 2.95. The van der Waals surface area contributed by atoms with Crippen molar-refractivity contribution in [3.8, 4) is 17.0 Å². The van der Waals surface area contributed by atoms with E-state index >= 15 is 0 Å². The molecule has 2 heterocycles. The molecule has 0 spiro atoms. The smallest absolute Gasteiger partial charge is 0.272 e. The number of hydrogen-bond donors (Lipinski definition) is 1. The highest BCUT2D eigenvalue weighted by Crippen LogP contribution is 2.26. The number of nitrogens with zero attached hydrogens (tertiary/aromatic N) is 2. The summed E-state index contributed by atoms with van der Waals surface area (Å²) in [6.07, 6.45) is 3.38. The summed E-state index contributed by atoms with van der Waals surface area (Å²) in [6, 6.07) is 9.00. The summed E-state index contributed by atoms with van der Waals surface area (Å²) in [5, 5.41) is 7.99. The number of hydrogen-bond acceptors (Lipinski definition) is 4. The lowest BCUT2D eigenvalue weighted by Crippen LogP contribution is -2.09. The van der Waals surface area contributed by atoms with Gasteiger partial charge in [-0.2, -0.15) is 5.10 Å². The lowest BCUT2D eigenvalue weighted by Gasteiger charge is -2.06. The number of nitrogens with one attached hydrogen (secondary N) is 1. The molecule has 19 heavy (non-hydrogen) atoms. The first kappa shape index (κ1) is 11.4. The van der Waals surface area contributed by atoms with Crippen LogP contribution in [0.2, 0.25) is 0 Å². The maximum atomic E-state index is 11.8. The molecule has 0 radical (unpaired) electrons. The van der Waals surface area contributed by atoms with Gasteiger partial charge < -0.3 is 4.74 Å². The van der Waals surface area contributed by atoms with Gasteiger partial charge >= 0.3 is 0 Å². The van der Waals surface area contributed by atoms with E-state index in [0.29, 0.717) is 16.8 Å². The standard InChI is InChI=1S/C14H11N3O2/c1-19-10-2-3-11-12(8-10)13(16-17-14(11)18)9-4-6-15-7-5-9/h2-8H,1H3,(H,17,18). The van der Waals surface area contributed by atoms with Gasteiger partial charge in [0.25, 0.3) is 5.56 Å². The van der Waals surface area contributed by atoms with E-state index in [9.17, 15) is 4.79 Å². The summed E-state index contributed by atoms with van der Waals surface area (Å²) in [5.41, 5.74) is 1.39. The molecule has 0 saturated heterocycles. The van der Waals surface area contributed by atoms with Crippen molar-refractivity contribution in [2.24, 2.45) is 0 Å². The quantitative estimate of drug-likeness (QED) is 0.758.